The van der Waals surface area contributed by atoms with Crippen LogP contribution in [0.4, 0.5) is 5.00 Å². The molecular weight excluding hydrogens is 228 g/mol. The normalized spacial score (nSPS) is 11.1. The summed E-state index contributed by atoms with van der Waals surface area (Å²) >= 11 is 1.59. The lowest BCUT2D eigenvalue weighted by molar-refractivity contribution is 0.853. The molecule has 0 radical (unpaired) electrons. The van der Waals surface area contributed by atoms with E-state index in [0.717, 1.165) is 27.7 Å². The van der Waals surface area contributed by atoms with Crippen molar-refractivity contribution < 1.29 is 0 Å². The first-order chi connectivity index (χ1) is 8.11. The summed E-state index contributed by atoms with van der Waals surface area (Å²) in [4.78, 5) is 4.63. The number of rotatable bonds is 3. The molecule has 1 heterocycles. The Kier molecular flexibility index (Phi) is 3.48. The van der Waals surface area contributed by atoms with E-state index in [-0.39, 0.29) is 0 Å². The molecule has 1 aromatic carbocycles. The maximum atomic E-state index is 6.04. The van der Waals surface area contributed by atoms with Crippen molar-refractivity contribution in [3.8, 4) is 11.3 Å². The maximum absolute atomic E-state index is 6.04. The predicted octanol–water partition coefficient (Wildman–Crippen LogP) is 4.08. The summed E-state index contributed by atoms with van der Waals surface area (Å²) in [5.74, 6) is 0.436. The number of hydrogen-bond donors (Lipinski definition) is 1. The third-order valence-corrected chi connectivity index (χ3v) is 3.98. The van der Waals surface area contributed by atoms with E-state index in [1.807, 2.05) is 0 Å². The monoisotopic (exact) mass is 246 g/mol. The van der Waals surface area contributed by atoms with Crippen LogP contribution < -0.4 is 5.73 Å². The van der Waals surface area contributed by atoms with Gasteiger partial charge in [-0.05, 0) is 12.0 Å². The van der Waals surface area contributed by atoms with Crippen molar-refractivity contribution in [2.24, 2.45) is 0 Å². The lowest BCUT2D eigenvalue weighted by atomic mass is 10.1. The number of benzene rings is 1. The zero-order valence-electron chi connectivity index (χ0n) is 10.5. The highest BCUT2D eigenvalue weighted by Gasteiger charge is 2.12. The van der Waals surface area contributed by atoms with Crippen LogP contribution in [0.25, 0.3) is 11.3 Å². The molecule has 0 aliphatic rings. The molecule has 0 unspecified atom stereocenters. The average molecular weight is 246 g/mol. The van der Waals surface area contributed by atoms with Gasteiger partial charge in [0.1, 0.15) is 10.7 Å². The number of hydrogen-bond acceptors (Lipinski definition) is 3. The van der Waals surface area contributed by atoms with Gasteiger partial charge < -0.3 is 5.73 Å². The number of nitrogen functional groups attached to an aromatic ring is 1. The van der Waals surface area contributed by atoms with Crippen molar-refractivity contribution in [1.82, 2.24) is 4.98 Å². The SMILES string of the molecule is CCc1ccc(-c2nc(C(C)C)sc2N)cc1. The van der Waals surface area contributed by atoms with E-state index in [4.69, 9.17) is 5.73 Å². The van der Waals surface area contributed by atoms with E-state index in [1.165, 1.54) is 5.56 Å². The maximum Gasteiger partial charge on any atom is 0.114 e. The average Bonchev–Trinajstić information content (AvgIpc) is 2.72. The molecule has 3 heteroatoms. The lowest BCUT2D eigenvalue weighted by Gasteiger charge is -2.01. The molecule has 2 aromatic rings. The van der Waals surface area contributed by atoms with Crippen LogP contribution in [0.5, 0.6) is 0 Å². The zero-order valence-corrected chi connectivity index (χ0v) is 11.3. The molecule has 2 nitrogen and oxygen atoms in total. The Hall–Kier alpha value is -1.35. The van der Waals surface area contributed by atoms with Crippen molar-refractivity contribution in [1.29, 1.82) is 0 Å². The smallest absolute Gasteiger partial charge is 0.114 e. The number of aryl methyl sites for hydroxylation is 1. The molecule has 90 valence electrons. The van der Waals surface area contributed by atoms with Gasteiger partial charge in [-0.15, -0.1) is 11.3 Å². The Morgan fingerprint density at radius 1 is 1.24 bits per heavy atom. The van der Waals surface area contributed by atoms with Gasteiger partial charge in [-0.2, -0.15) is 0 Å². The molecule has 0 spiro atoms. The summed E-state index contributed by atoms with van der Waals surface area (Å²) in [7, 11) is 0. The largest absolute Gasteiger partial charge is 0.389 e. The predicted molar refractivity (Wildman–Crippen MR) is 75.4 cm³/mol. The van der Waals surface area contributed by atoms with Crippen molar-refractivity contribution in [3.05, 3.63) is 34.8 Å². The Balaban J connectivity index is 2.38. The number of thiazole rings is 1. The Morgan fingerprint density at radius 3 is 2.35 bits per heavy atom. The van der Waals surface area contributed by atoms with Gasteiger partial charge in [-0.3, -0.25) is 0 Å². The fourth-order valence-corrected chi connectivity index (χ4v) is 2.56. The number of aromatic nitrogens is 1. The van der Waals surface area contributed by atoms with Crippen molar-refractivity contribution in [2.45, 2.75) is 33.1 Å². The zero-order chi connectivity index (χ0) is 12.4. The quantitative estimate of drug-likeness (QED) is 0.886. The molecule has 17 heavy (non-hydrogen) atoms. The van der Waals surface area contributed by atoms with Gasteiger partial charge in [0.2, 0.25) is 0 Å². The van der Waals surface area contributed by atoms with E-state index in [9.17, 15) is 0 Å². The molecule has 0 saturated carbocycles. The topological polar surface area (TPSA) is 38.9 Å². The molecule has 0 amide bonds. The van der Waals surface area contributed by atoms with Gasteiger partial charge in [0.05, 0.1) is 5.01 Å². The summed E-state index contributed by atoms with van der Waals surface area (Å²) in [6, 6.07) is 8.50. The molecule has 2 N–H and O–H groups in total. The van der Waals surface area contributed by atoms with E-state index < -0.39 is 0 Å². The van der Waals surface area contributed by atoms with Crippen LogP contribution in [0, 0.1) is 0 Å². The van der Waals surface area contributed by atoms with Crippen LogP contribution in [-0.4, -0.2) is 4.98 Å². The van der Waals surface area contributed by atoms with E-state index in [1.54, 1.807) is 11.3 Å². The van der Waals surface area contributed by atoms with E-state index in [0.29, 0.717) is 5.92 Å². The van der Waals surface area contributed by atoms with Gasteiger partial charge in [0.15, 0.2) is 0 Å². The summed E-state index contributed by atoms with van der Waals surface area (Å²) in [6.45, 7) is 6.44. The Morgan fingerprint density at radius 2 is 1.88 bits per heavy atom. The fourth-order valence-electron chi connectivity index (χ4n) is 1.70. The van der Waals surface area contributed by atoms with Gasteiger partial charge in [0, 0.05) is 11.5 Å². The van der Waals surface area contributed by atoms with E-state index in [2.05, 4.69) is 50.0 Å². The summed E-state index contributed by atoms with van der Waals surface area (Å²) < 4.78 is 0. The molecule has 0 saturated heterocycles. The third kappa shape index (κ3) is 2.50. The molecule has 2 rings (SSSR count). The van der Waals surface area contributed by atoms with E-state index >= 15 is 0 Å². The van der Waals surface area contributed by atoms with Crippen LogP contribution in [0.2, 0.25) is 0 Å². The minimum atomic E-state index is 0.436. The Labute approximate surface area is 107 Å². The van der Waals surface area contributed by atoms with Crippen LogP contribution in [-0.2, 0) is 6.42 Å². The van der Waals surface area contributed by atoms with Crippen LogP contribution >= 0.6 is 11.3 Å². The second-order valence-electron chi connectivity index (χ2n) is 4.47. The van der Waals surface area contributed by atoms with Crippen molar-refractivity contribution in [2.75, 3.05) is 5.73 Å². The van der Waals surface area contributed by atoms with Crippen LogP contribution in [0.15, 0.2) is 24.3 Å². The highest BCUT2D eigenvalue weighted by atomic mass is 32.1. The summed E-state index contributed by atoms with van der Waals surface area (Å²) in [6.07, 6.45) is 1.06. The molecular formula is C14H18N2S. The molecule has 0 aliphatic carbocycles. The first-order valence-corrected chi connectivity index (χ1v) is 6.79. The number of anilines is 1. The molecule has 1 aromatic heterocycles. The molecule has 0 bridgehead atoms. The molecule has 0 fully saturated rings. The highest BCUT2D eigenvalue weighted by molar-refractivity contribution is 7.16. The number of nitrogens with zero attached hydrogens (tertiary/aromatic N) is 1. The second-order valence-corrected chi connectivity index (χ2v) is 5.53. The lowest BCUT2D eigenvalue weighted by Crippen LogP contribution is -1.88. The van der Waals surface area contributed by atoms with Gasteiger partial charge in [0.25, 0.3) is 0 Å². The van der Waals surface area contributed by atoms with Crippen molar-refractivity contribution >= 4 is 16.3 Å². The van der Waals surface area contributed by atoms with Gasteiger partial charge in [-0.1, -0.05) is 45.0 Å². The highest BCUT2D eigenvalue weighted by Crippen LogP contribution is 2.33. The standard InChI is InChI=1S/C14H18N2S/c1-4-10-5-7-11(8-6-10)12-13(15)17-14(16-12)9(2)3/h5-9H,4,15H2,1-3H3. The minimum Gasteiger partial charge on any atom is -0.389 e. The first-order valence-electron chi connectivity index (χ1n) is 5.97. The van der Waals surface area contributed by atoms with Gasteiger partial charge in [-0.25, -0.2) is 4.98 Å². The summed E-state index contributed by atoms with van der Waals surface area (Å²) in [5, 5.41) is 1.93. The first kappa shape index (κ1) is 12.1. The molecule has 0 aliphatic heterocycles. The minimum absolute atomic E-state index is 0.436. The van der Waals surface area contributed by atoms with Crippen molar-refractivity contribution in [3.63, 3.8) is 0 Å². The molecule has 0 atom stereocenters. The van der Waals surface area contributed by atoms with Gasteiger partial charge >= 0.3 is 0 Å². The third-order valence-electron chi connectivity index (χ3n) is 2.80. The van der Waals surface area contributed by atoms with Crippen LogP contribution in [0.3, 0.4) is 0 Å². The fraction of sp³-hybridized carbons (Fsp3) is 0.357. The summed E-state index contributed by atoms with van der Waals surface area (Å²) in [5.41, 5.74) is 9.42. The second kappa shape index (κ2) is 4.88. The number of nitrogens with two attached hydrogens (primary N) is 1. The Bertz CT molecular complexity index is 497. The van der Waals surface area contributed by atoms with Crippen LogP contribution in [0.1, 0.15) is 37.3 Å².